The van der Waals surface area contributed by atoms with E-state index in [4.69, 9.17) is 4.74 Å². The van der Waals surface area contributed by atoms with Crippen LogP contribution in [0.3, 0.4) is 0 Å². The minimum Gasteiger partial charge on any atom is -0.487 e. The van der Waals surface area contributed by atoms with E-state index in [0.717, 1.165) is 32.1 Å². The van der Waals surface area contributed by atoms with Gasteiger partial charge in [-0.3, -0.25) is 10.1 Å². The Labute approximate surface area is 124 Å². The molecular formula is C15H22N2O4. The van der Waals surface area contributed by atoms with Gasteiger partial charge in [0.05, 0.1) is 17.1 Å². The van der Waals surface area contributed by atoms with Crippen molar-refractivity contribution < 1.29 is 14.8 Å². The molecule has 0 aliphatic heterocycles. The topological polar surface area (TPSA) is 84.6 Å². The molecule has 1 aromatic carbocycles. The number of benzene rings is 1. The average molecular weight is 294 g/mol. The van der Waals surface area contributed by atoms with E-state index in [1.54, 1.807) is 18.2 Å². The second-order valence-electron chi connectivity index (χ2n) is 5.54. The Morgan fingerprint density at radius 2 is 2.14 bits per heavy atom. The highest BCUT2D eigenvalue weighted by Crippen LogP contribution is 2.36. The molecule has 0 radical (unpaired) electrons. The van der Waals surface area contributed by atoms with Crippen LogP contribution in [0.1, 0.15) is 39.0 Å². The molecule has 2 N–H and O–H groups in total. The van der Waals surface area contributed by atoms with Crippen LogP contribution in [0.2, 0.25) is 0 Å². The van der Waals surface area contributed by atoms with Crippen LogP contribution < -0.4 is 10.1 Å². The van der Waals surface area contributed by atoms with Crippen molar-refractivity contribution in [1.82, 2.24) is 0 Å². The van der Waals surface area contributed by atoms with Crippen LogP contribution in [-0.2, 0) is 0 Å². The van der Waals surface area contributed by atoms with E-state index < -0.39 is 10.5 Å². The third-order valence-corrected chi connectivity index (χ3v) is 3.79. The van der Waals surface area contributed by atoms with Crippen molar-refractivity contribution in [3.05, 3.63) is 28.3 Å². The Kier molecular flexibility index (Phi) is 5.01. The number of nitrogens with one attached hydrogen (secondary N) is 1. The minimum absolute atomic E-state index is 0.0625. The lowest BCUT2D eigenvalue weighted by atomic mass is 10.0. The fourth-order valence-electron chi connectivity index (χ4n) is 2.65. The van der Waals surface area contributed by atoms with Crippen LogP contribution >= 0.6 is 0 Å². The number of nitrogens with zero attached hydrogens (tertiary/aromatic N) is 1. The van der Waals surface area contributed by atoms with Crippen LogP contribution in [0.25, 0.3) is 0 Å². The monoisotopic (exact) mass is 294 g/mol. The molecule has 0 amide bonds. The van der Waals surface area contributed by atoms with Gasteiger partial charge in [-0.25, -0.2) is 0 Å². The van der Waals surface area contributed by atoms with Gasteiger partial charge in [0.1, 0.15) is 5.69 Å². The Morgan fingerprint density at radius 1 is 1.43 bits per heavy atom. The van der Waals surface area contributed by atoms with Crippen LogP contribution in [-0.4, -0.2) is 28.8 Å². The molecule has 0 unspecified atom stereocenters. The number of ether oxygens (including phenoxy) is 1. The molecule has 0 bridgehead atoms. The fourth-order valence-corrected chi connectivity index (χ4v) is 2.65. The summed E-state index contributed by atoms with van der Waals surface area (Å²) in [5.41, 5.74) is -0.421. The molecular weight excluding hydrogens is 272 g/mol. The summed E-state index contributed by atoms with van der Waals surface area (Å²) in [4.78, 5) is 10.9. The molecule has 21 heavy (non-hydrogen) atoms. The van der Waals surface area contributed by atoms with Gasteiger partial charge in [-0.2, -0.15) is 0 Å². The van der Waals surface area contributed by atoms with E-state index in [0.29, 0.717) is 18.8 Å². The van der Waals surface area contributed by atoms with Crippen LogP contribution in [0.15, 0.2) is 18.2 Å². The zero-order chi connectivity index (χ0) is 15.3. The first kappa shape index (κ1) is 15.6. The Hall–Kier alpha value is -1.82. The maximum atomic E-state index is 11.3. The number of aliphatic hydroxyl groups is 1. The van der Waals surface area contributed by atoms with Crippen molar-refractivity contribution in [3.63, 3.8) is 0 Å². The Bertz CT molecular complexity index is 498. The number of hydrogen-bond donors (Lipinski definition) is 2. The fraction of sp³-hybridized carbons (Fsp3) is 0.600. The van der Waals surface area contributed by atoms with Crippen LogP contribution in [0.4, 0.5) is 11.4 Å². The zero-order valence-corrected chi connectivity index (χ0v) is 12.3. The molecule has 0 saturated heterocycles. The lowest BCUT2D eigenvalue weighted by Gasteiger charge is -2.23. The van der Waals surface area contributed by atoms with Crippen molar-refractivity contribution in [3.8, 4) is 5.75 Å². The van der Waals surface area contributed by atoms with E-state index in [1.165, 1.54) is 0 Å². The standard InChI is InChI=1S/C15H22N2O4/c1-2-10-21-13-7-5-6-12(14(13)17(19)20)16-11-15(18)8-3-4-9-15/h5-7,16,18H,2-4,8-11H2,1H3. The average Bonchev–Trinajstić information content (AvgIpc) is 2.90. The highest BCUT2D eigenvalue weighted by molar-refractivity contribution is 5.68. The van der Waals surface area contributed by atoms with E-state index in [9.17, 15) is 15.2 Å². The first-order valence-corrected chi connectivity index (χ1v) is 7.42. The largest absolute Gasteiger partial charge is 0.487 e. The summed E-state index contributed by atoms with van der Waals surface area (Å²) < 4.78 is 5.44. The number of para-hydroxylation sites is 1. The predicted octanol–water partition coefficient (Wildman–Crippen LogP) is 3.10. The second-order valence-corrected chi connectivity index (χ2v) is 5.54. The third-order valence-electron chi connectivity index (χ3n) is 3.79. The summed E-state index contributed by atoms with van der Waals surface area (Å²) in [6.45, 7) is 2.71. The van der Waals surface area contributed by atoms with Crippen LogP contribution in [0.5, 0.6) is 5.75 Å². The number of hydrogen-bond acceptors (Lipinski definition) is 5. The molecule has 0 atom stereocenters. The molecule has 0 aromatic heterocycles. The van der Waals surface area contributed by atoms with Crippen molar-refractivity contribution >= 4 is 11.4 Å². The van der Waals surface area contributed by atoms with E-state index in [1.807, 2.05) is 6.92 Å². The third kappa shape index (κ3) is 3.85. The molecule has 2 rings (SSSR count). The van der Waals surface area contributed by atoms with Gasteiger partial charge in [0.25, 0.3) is 0 Å². The van der Waals surface area contributed by atoms with Gasteiger partial charge < -0.3 is 15.2 Å². The van der Waals surface area contributed by atoms with Gasteiger partial charge in [-0.15, -0.1) is 0 Å². The molecule has 1 aliphatic rings. The molecule has 1 fully saturated rings. The zero-order valence-electron chi connectivity index (χ0n) is 12.3. The van der Waals surface area contributed by atoms with Crippen molar-refractivity contribution in [2.24, 2.45) is 0 Å². The quantitative estimate of drug-likeness (QED) is 0.596. The second kappa shape index (κ2) is 6.76. The van der Waals surface area contributed by atoms with Gasteiger partial charge in [0, 0.05) is 6.54 Å². The highest BCUT2D eigenvalue weighted by Gasteiger charge is 2.32. The first-order chi connectivity index (χ1) is 10.1. The number of rotatable bonds is 7. The van der Waals surface area contributed by atoms with Gasteiger partial charge in [-0.05, 0) is 31.4 Å². The number of nitro benzene ring substituents is 1. The maximum Gasteiger partial charge on any atom is 0.333 e. The van der Waals surface area contributed by atoms with Crippen molar-refractivity contribution in [2.45, 2.75) is 44.6 Å². The molecule has 6 nitrogen and oxygen atoms in total. The van der Waals surface area contributed by atoms with Gasteiger partial charge in [0.2, 0.25) is 0 Å². The summed E-state index contributed by atoms with van der Waals surface area (Å²) in [5.74, 6) is 0.269. The van der Waals surface area contributed by atoms with Gasteiger partial charge >= 0.3 is 5.69 Å². The van der Waals surface area contributed by atoms with Gasteiger partial charge in [-0.1, -0.05) is 25.8 Å². The van der Waals surface area contributed by atoms with Crippen LogP contribution in [0, 0.1) is 10.1 Å². The van der Waals surface area contributed by atoms with E-state index >= 15 is 0 Å². The SMILES string of the molecule is CCCOc1cccc(NCC2(O)CCCC2)c1[N+](=O)[O-]. The lowest BCUT2D eigenvalue weighted by Crippen LogP contribution is -2.33. The molecule has 6 heteroatoms. The summed E-state index contributed by atoms with van der Waals surface area (Å²) in [7, 11) is 0. The molecule has 1 aromatic rings. The normalized spacial score (nSPS) is 16.7. The number of nitro groups is 1. The minimum atomic E-state index is -0.756. The summed E-state index contributed by atoms with van der Waals surface area (Å²) in [5, 5.41) is 24.7. The Morgan fingerprint density at radius 3 is 2.76 bits per heavy atom. The van der Waals surface area contributed by atoms with Crippen molar-refractivity contribution in [1.29, 1.82) is 0 Å². The first-order valence-electron chi connectivity index (χ1n) is 7.42. The lowest BCUT2D eigenvalue weighted by molar-refractivity contribution is -0.385. The summed E-state index contributed by atoms with van der Waals surface area (Å²) in [6.07, 6.45) is 4.26. The Balaban J connectivity index is 2.15. The highest BCUT2D eigenvalue weighted by atomic mass is 16.6. The van der Waals surface area contributed by atoms with E-state index in [2.05, 4.69) is 5.32 Å². The molecule has 0 spiro atoms. The number of anilines is 1. The smallest absolute Gasteiger partial charge is 0.333 e. The summed E-state index contributed by atoms with van der Waals surface area (Å²) >= 11 is 0. The predicted molar refractivity (Wildman–Crippen MR) is 80.8 cm³/mol. The molecule has 1 aliphatic carbocycles. The maximum absolute atomic E-state index is 11.3. The van der Waals surface area contributed by atoms with Crippen molar-refractivity contribution in [2.75, 3.05) is 18.5 Å². The van der Waals surface area contributed by atoms with Gasteiger partial charge in [0.15, 0.2) is 5.75 Å². The molecule has 1 saturated carbocycles. The molecule has 0 heterocycles. The molecule has 116 valence electrons. The van der Waals surface area contributed by atoms with E-state index in [-0.39, 0.29) is 11.4 Å². The summed E-state index contributed by atoms with van der Waals surface area (Å²) in [6, 6.07) is 4.97.